The number of nitrogens with zero attached hydrogens (tertiary/aromatic N) is 1. The highest BCUT2D eigenvalue weighted by molar-refractivity contribution is 9.10. The van der Waals surface area contributed by atoms with Crippen LogP contribution in [0, 0.1) is 0 Å². The van der Waals surface area contributed by atoms with E-state index in [0.29, 0.717) is 28.1 Å². The summed E-state index contributed by atoms with van der Waals surface area (Å²) in [6.07, 6.45) is 3.01. The van der Waals surface area contributed by atoms with Crippen molar-refractivity contribution in [3.05, 3.63) is 40.4 Å². The summed E-state index contributed by atoms with van der Waals surface area (Å²) in [5.74, 6) is 0.0829. The van der Waals surface area contributed by atoms with E-state index in [0.717, 1.165) is 0 Å². The van der Waals surface area contributed by atoms with Crippen molar-refractivity contribution in [3.63, 3.8) is 0 Å². The molecule has 1 aliphatic heterocycles. The number of carbonyl (C=O) groups excluding carboxylic acids is 2. The average molecular weight is 453 g/mol. The number of carbonyl (C=O) groups is 2. The Hall–Kier alpha value is -2.19. The summed E-state index contributed by atoms with van der Waals surface area (Å²) < 4.78 is 12.1. The Morgan fingerprint density at radius 1 is 1.37 bits per heavy atom. The molecule has 2 rings (SSSR count). The van der Waals surface area contributed by atoms with Crippen molar-refractivity contribution in [2.45, 2.75) is 26.9 Å². The van der Waals surface area contributed by atoms with E-state index in [1.807, 2.05) is 20.8 Å². The molecule has 1 fully saturated rings. The molecule has 6 nitrogen and oxygen atoms in total. The van der Waals surface area contributed by atoms with Crippen molar-refractivity contribution >= 4 is 51.2 Å². The molecule has 1 aromatic rings. The smallest absolute Gasteiger partial charge is 0.265 e. The summed E-state index contributed by atoms with van der Waals surface area (Å²) in [5, 5.41) is 2.59. The molecule has 0 bridgehead atoms. The minimum Gasteiger partial charge on any atom is -0.490 e. The molecule has 0 atom stereocenters. The number of hydrogen-bond donors (Lipinski definition) is 1. The first kappa shape index (κ1) is 21.1. The maximum absolute atomic E-state index is 12.6. The van der Waals surface area contributed by atoms with Crippen LogP contribution in [0.25, 0.3) is 6.08 Å². The maximum atomic E-state index is 12.6. The van der Waals surface area contributed by atoms with Crippen molar-refractivity contribution in [1.82, 2.24) is 10.2 Å². The van der Waals surface area contributed by atoms with Crippen LogP contribution in [0.4, 0.5) is 0 Å². The van der Waals surface area contributed by atoms with Gasteiger partial charge in [-0.3, -0.25) is 19.8 Å². The number of hydrogen-bond acceptors (Lipinski definition) is 5. The van der Waals surface area contributed by atoms with E-state index in [-0.39, 0.29) is 23.3 Å². The third-order valence-electron chi connectivity index (χ3n) is 3.49. The molecule has 27 heavy (non-hydrogen) atoms. The van der Waals surface area contributed by atoms with E-state index in [9.17, 15) is 9.59 Å². The number of amides is 2. The topological polar surface area (TPSA) is 67.9 Å². The lowest BCUT2D eigenvalue weighted by Gasteiger charge is -2.27. The minimum atomic E-state index is -0.540. The van der Waals surface area contributed by atoms with Crippen LogP contribution in [0.15, 0.2) is 34.8 Å². The van der Waals surface area contributed by atoms with Crippen molar-refractivity contribution in [1.29, 1.82) is 0 Å². The Labute approximate surface area is 172 Å². The van der Waals surface area contributed by atoms with E-state index in [1.165, 1.54) is 11.0 Å². The third-order valence-corrected chi connectivity index (χ3v) is 4.41. The van der Waals surface area contributed by atoms with Crippen LogP contribution >= 0.6 is 28.1 Å². The molecule has 0 saturated carbocycles. The number of ether oxygens (including phenoxy) is 2. The zero-order valence-corrected chi connectivity index (χ0v) is 17.8. The van der Waals surface area contributed by atoms with Gasteiger partial charge in [-0.2, -0.15) is 0 Å². The summed E-state index contributed by atoms with van der Waals surface area (Å²) in [6, 6.07) is 3.49. The van der Waals surface area contributed by atoms with Crippen LogP contribution < -0.4 is 14.8 Å². The summed E-state index contributed by atoms with van der Waals surface area (Å²) in [6.45, 7) is 9.96. The Kier molecular flexibility index (Phi) is 7.15. The van der Waals surface area contributed by atoms with E-state index in [4.69, 9.17) is 21.7 Å². The van der Waals surface area contributed by atoms with Gasteiger partial charge in [-0.05, 0) is 72.7 Å². The lowest BCUT2D eigenvalue weighted by Crippen LogP contribution is -2.53. The standard InChI is InChI=1S/C19H21BrN2O4S/c1-5-7-22-18(24)13(17(23)21-19(22)27)8-12-9-14(20)16(26-11(3)4)15(10-12)25-6-2/h5,8-11H,1,6-7H2,2-4H3,(H,21,23,27)/b13-8+. The molecule has 1 N–H and O–H groups in total. The van der Waals surface area contributed by atoms with E-state index >= 15 is 0 Å². The van der Waals surface area contributed by atoms with Gasteiger partial charge in [0, 0.05) is 6.54 Å². The lowest BCUT2D eigenvalue weighted by atomic mass is 10.1. The normalized spacial score (nSPS) is 16.0. The number of nitrogens with one attached hydrogen (secondary N) is 1. The molecule has 1 heterocycles. The van der Waals surface area contributed by atoms with Gasteiger partial charge in [-0.25, -0.2) is 0 Å². The average Bonchev–Trinajstić information content (AvgIpc) is 2.58. The first-order valence-corrected chi connectivity index (χ1v) is 9.61. The van der Waals surface area contributed by atoms with Gasteiger partial charge in [0.25, 0.3) is 11.8 Å². The van der Waals surface area contributed by atoms with Gasteiger partial charge >= 0.3 is 0 Å². The first-order valence-electron chi connectivity index (χ1n) is 8.41. The van der Waals surface area contributed by atoms with Crippen molar-refractivity contribution < 1.29 is 19.1 Å². The van der Waals surface area contributed by atoms with Crippen LogP contribution in [-0.4, -0.2) is 41.1 Å². The first-order chi connectivity index (χ1) is 12.8. The fraction of sp³-hybridized carbons (Fsp3) is 0.316. The minimum absolute atomic E-state index is 0.0164. The number of rotatable bonds is 7. The summed E-state index contributed by atoms with van der Waals surface area (Å²) >= 11 is 8.53. The quantitative estimate of drug-likeness (QED) is 0.297. The zero-order valence-electron chi connectivity index (χ0n) is 15.4. The van der Waals surface area contributed by atoms with Crippen molar-refractivity contribution in [3.8, 4) is 11.5 Å². The second-order valence-electron chi connectivity index (χ2n) is 5.95. The monoisotopic (exact) mass is 452 g/mol. The second kappa shape index (κ2) is 9.14. The SMILES string of the molecule is C=CCN1C(=O)/C(=C/c2cc(Br)c(OC(C)C)c(OCC)c2)C(=O)NC1=S. The van der Waals surface area contributed by atoms with E-state index < -0.39 is 11.8 Å². The van der Waals surface area contributed by atoms with Gasteiger partial charge in [0.1, 0.15) is 5.57 Å². The highest BCUT2D eigenvalue weighted by Crippen LogP contribution is 2.38. The Morgan fingerprint density at radius 2 is 2.07 bits per heavy atom. The molecule has 0 spiro atoms. The van der Waals surface area contributed by atoms with Gasteiger partial charge in [0.2, 0.25) is 0 Å². The molecular formula is C19H21BrN2O4S. The number of benzene rings is 1. The molecule has 0 radical (unpaired) electrons. The molecule has 2 amide bonds. The Balaban J connectivity index is 2.47. The number of halogens is 1. The van der Waals surface area contributed by atoms with Crippen LogP contribution in [0.3, 0.4) is 0 Å². The van der Waals surface area contributed by atoms with Crippen LogP contribution in [0.2, 0.25) is 0 Å². The highest BCUT2D eigenvalue weighted by atomic mass is 79.9. The zero-order chi connectivity index (χ0) is 20.1. The Morgan fingerprint density at radius 3 is 2.67 bits per heavy atom. The summed E-state index contributed by atoms with van der Waals surface area (Å²) in [5.41, 5.74) is 0.601. The van der Waals surface area contributed by atoms with Gasteiger partial charge in [-0.15, -0.1) is 6.58 Å². The Bertz CT molecular complexity index is 820. The molecule has 1 aliphatic rings. The number of thiocarbonyl (C=S) groups is 1. The molecule has 0 aromatic heterocycles. The molecule has 1 saturated heterocycles. The molecular weight excluding hydrogens is 432 g/mol. The molecule has 0 aliphatic carbocycles. The predicted octanol–water partition coefficient (Wildman–Crippen LogP) is 3.45. The fourth-order valence-corrected chi connectivity index (χ4v) is 3.24. The fourth-order valence-electron chi connectivity index (χ4n) is 2.44. The van der Waals surface area contributed by atoms with Crippen LogP contribution in [0.1, 0.15) is 26.3 Å². The molecule has 8 heteroatoms. The van der Waals surface area contributed by atoms with Crippen molar-refractivity contribution in [2.75, 3.05) is 13.2 Å². The van der Waals surface area contributed by atoms with Gasteiger partial charge in [-0.1, -0.05) is 6.08 Å². The summed E-state index contributed by atoms with van der Waals surface area (Å²) in [4.78, 5) is 26.2. The molecule has 144 valence electrons. The maximum Gasteiger partial charge on any atom is 0.265 e. The summed E-state index contributed by atoms with van der Waals surface area (Å²) in [7, 11) is 0. The van der Waals surface area contributed by atoms with Crippen LogP contribution in [-0.2, 0) is 9.59 Å². The van der Waals surface area contributed by atoms with Gasteiger partial charge < -0.3 is 9.47 Å². The van der Waals surface area contributed by atoms with Crippen LogP contribution in [0.5, 0.6) is 11.5 Å². The largest absolute Gasteiger partial charge is 0.490 e. The highest BCUT2D eigenvalue weighted by Gasteiger charge is 2.32. The van der Waals surface area contributed by atoms with Crippen molar-refractivity contribution in [2.24, 2.45) is 0 Å². The second-order valence-corrected chi connectivity index (χ2v) is 7.19. The van der Waals surface area contributed by atoms with Gasteiger partial charge in [0.05, 0.1) is 17.2 Å². The molecule has 0 unspecified atom stereocenters. The van der Waals surface area contributed by atoms with Gasteiger partial charge in [0.15, 0.2) is 16.6 Å². The third kappa shape index (κ3) is 4.95. The lowest BCUT2D eigenvalue weighted by molar-refractivity contribution is -0.128. The predicted molar refractivity (Wildman–Crippen MR) is 112 cm³/mol. The van der Waals surface area contributed by atoms with E-state index in [2.05, 4.69) is 27.8 Å². The molecule has 1 aromatic carbocycles. The van der Waals surface area contributed by atoms with E-state index in [1.54, 1.807) is 18.2 Å².